The van der Waals surface area contributed by atoms with Crippen LogP contribution in [0.25, 0.3) is 0 Å². The molecule has 2 fully saturated rings. The summed E-state index contributed by atoms with van der Waals surface area (Å²) in [6, 6.07) is 9.81. The number of nitrogens with two attached hydrogens (primary N) is 1. The Balaban J connectivity index is 1.37. The number of ketones is 1. The van der Waals surface area contributed by atoms with Gasteiger partial charge < -0.3 is 11.1 Å². The highest BCUT2D eigenvalue weighted by Gasteiger charge is 2.38. The van der Waals surface area contributed by atoms with E-state index in [0.717, 1.165) is 30.7 Å². The fraction of sp³-hybridized carbons (Fsp3) is 0.419. The maximum Gasteiger partial charge on any atom is 0.417 e. The smallest absolute Gasteiger partial charge is 0.321 e. The van der Waals surface area contributed by atoms with Crippen LogP contribution >= 0.6 is 0 Å². The van der Waals surface area contributed by atoms with Crippen molar-refractivity contribution in [3.8, 4) is 0 Å². The number of hydrogen-bond donors (Lipinski definition) is 2. The van der Waals surface area contributed by atoms with E-state index in [4.69, 9.17) is 5.73 Å². The Hall–Kier alpha value is -3.26. The number of carbonyl (C=O) groups excluding carboxylic acids is 1. The second-order valence-corrected chi connectivity index (χ2v) is 13.4. The Morgan fingerprint density at radius 1 is 1.09 bits per heavy atom. The van der Waals surface area contributed by atoms with Crippen LogP contribution in [0.15, 0.2) is 60.8 Å². The van der Waals surface area contributed by atoms with Crippen molar-refractivity contribution in [1.29, 1.82) is 0 Å². The molecule has 0 radical (unpaired) electrons. The highest BCUT2D eigenvalue weighted by molar-refractivity contribution is 7.89. The number of fused-ring (bicyclic) bond motifs is 2. The molecule has 2 aliphatic heterocycles. The van der Waals surface area contributed by atoms with Crippen LogP contribution in [-0.4, -0.2) is 60.5 Å². The molecule has 2 saturated heterocycles. The van der Waals surface area contributed by atoms with Crippen molar-refractivity contribution in [2.24, 2.45) is 5.73 Å². The first-order chi connectivity index (χ1) is 20.8. The zero-order chi connectivity index (χ0) is 31.6. The van der Waals surface area contributed by atoms with Gasteiger partial charge in [-0.1, -0.05) is 24.3 Å². The molecule has 2 bridgehead atoms. The monoisotopic (exact) mass is 636 g/mol. The van der Waals surface area contributed by atoms with Crippen molar-refractivity contribution in [2.75, 3.05) is 18.8 Å². The Morgan fingerprint density at radius 2 is 1.84 bits per heavy atom. The zero-order valence-corrected chi connectivity index (χ0v) is 24.6. The second kappa shape index (κ2) is 13.0. The number of rotatable bonds is 9. The Morgan fingerprint density at radius 3 is 2.52 bits per heavy atom. The molecule has 5 atom stereocenters. The summed E-state index contributed by atoms with van der Waals surface area (Å²) in [6.45, 7) is 0.810. The highest BCUT2D eigenvalue weighted by Crippen LogP contribution is 2.32. The van der Waals surface area contributed by atoms with Crippen molar-refractivity contribution in [3.05, 3.63) is 100 Å². The van der Waals surface area contributed by atoms with Gasteiger partial charge in [0.15, 0.2) is 5.78 Å². The van der Waals surface area contributed by atoms with E-state index in [1.165, 1.54) is 28.6 Å². The van der Waals surface area contributed by atoms with Gasteiger partial charge in [0.2, 0.25) is 10.0 Å². The first kappa shape index (κ1) is 32.1. The Labute approximate surface area is 252 Å². The van der Waals surface area contributed by atoms with Gasteiger partial charge in [-0.2, -0.15) is 17.5 Å². The maximum absolute atomic E-state index is 15.2. The van der Waals surface area contributed by atoms with E-state index in [1.54, 1.807) is 6.07 Å². The number of piperazine rings is 1. The molecule has 5 rings (SSSR count). The molecule has 3 unspecified atom stereocenters. The largest absolute Gasteiger partial charge is 0.417 e. The molecular formula is C31H33F5N4O3S. The number of nitrogens with one attached hydrogen (secondary N) is 1. The summed E-state index contributed by atoms with van der Waals surface area (Å²) in [5.74, 6) is -2.54. The third kappa shape index (κ3) is 7.17. The third-order valence-electron chi connectivity index (χ3n) is 8.46. The number of halogens is 5. The number of benzene rings is 2. The lowest BCUT2D eigenvalue weighted by Gasteiger charge is -2.37. The Kier molecular flexibility index (Phi) is 9.49. The highest BCUT2D eigenvalue weighted by atomic mass is 32.2. The van der Waals surface area contributed by atoms with Gasteiger partial charge in [-0.3, -0.25) is 9.78 Å². The molecule has 0 spiro atoms. The van der Waals surface area contributed by atoms with Crippen molar-refractivity contribution in [1.82, 2.24) is 14.6 Å². The van der Waals surface area contributed by atoms with Crippen molar-refractivity contribution >= 4 is 15.8 Å². The standard InChI is InChI=1S/C31H33F5N4O3S/c32-22-9-6-19(7-10-22)29(27-13-8-21(16-39-27)31(34,35)36)30(37)28(41)15-20-3-1-5-26(33)25(20)12-11-24-17-38-23-4-2-14-44(42,43)40(24)18-23/h1,3,5-10,13,16,23-24,29-30,38H,2,4,11-12,14-15,17-18,37H2/t23-,24+,29?,30?/m1/s1. The minimum Gasteiger partial charge on any atom is -0.321 e. The molecule has 7 nitrogen and oxygen atoms in total. The summed E-state index contributed by atoms with van der Waals surface area (Å²) in [4.78, 5) is 17.5. The Bertz CT molecular complexity index is 1580. The van der Waals surface area contributed by atoms with Crippen molar-refractivity contribution < 1.29 is 35.2 Å². The lowest BCUT2D eigenvalue weighted by atomic mass is 9.84. The van der Waals surface area contributed by atoms with Crippen LogP contribution in [0.2, 0.25) is 0 Å². The quantitative estimate of drug-likeness (QED) is 0.339. The van der Waals surface area contributed by atoms with Gasteiger partial charge in [-0.15, -0.1) is 0 Å². The first-order valence-corrected chi connectivity index (χ1v) is 16.0. The van der Waals surface area contributed by atoms with Gasteiger partial charge in [0.05, 0.1) is 17.4 Å². The van der Waals surface area contributed by atoms with Crippen LogP contribution in [0.4, 0.5) is 22.0 Å². The summed E-state index contributed by atoms with van der Waals surface area (Å²) >= 11 is 0. The molecule has 0 aliphatic carbocycles. The summed E-state index contributed by atoms with van der Waals surface area (Å²) in [5.41, 5.74) is 6.58. The SMILES string of the molecule is NC(C(=O)Cc1cccc(F)c1CC[C@H]1CN[C@@H]2CCCS(=O)(=O)N1C2)C(c1ccc(F)cc1)c1ccc(C(F)(F)F)cn1. The van der Waals surface area contributed by atoms with Crippen LogP contribution in [0.1, 0.15) is 53.1 Å². The average Bonchev–Trinajstić information content (AvgIpc) is 3.09. The molecule has 3 N–H and O–H groups in total. The number of sulfonamides is 1. The molecule has 0 saturated carbocycles. The molecule has 13 heteroatoms. The molecule has 44 heavy (non-hydrogen) atoms. The molecule has 3 aromatic rings. The number of hydrogen-bond acceptors (Lipinski definition) is 6. The lowest BCUT2D eigenvalue weighted by molar-refractivity contribution is -0.137. The maximum atomic E-state index is 15.2. The number of carbonyl (C=O) groups is 1. The number of alkyl halides is 3. The van der Waals surface area contributed by atoms with Gasteiger partial charge in [0.25, 0.3) is 0 Å². The van der Waals surface area contributed by atoms with E-state index in [9.17, 15) is 30.8 Å². The van der Waals surface area contributed by atoms with Crippen LogP contribution < -0.4 is 11.1 Å². The minimum absolute atomic E-state index is 0.0715. The van der Waals surface area contributed by atoms with Gasteiger partial charge in [-0.05, 0) is 72.7 Å². The normalized spacial score (nSPS) is 23.0. The number of Topliss-reactive ketones (excluding diaryl/α,β-unsaturated/α-hetero) is 1. The molecule has 1 aromatic heterocycles. The van der Waals surface area contributed by atoms with Crippen LogP contribution in [-0.2, 0) is 33.8 Å². The van der Waals surface area contributed by atoms with Crippen molar-refractivity contribution in [2.45, 2.75) is 62.3 Å². The third-order valence-corrected chi connectivity index (χ3v) is 10.4. The van der Waals surface area contributed by atoms with Crippen LogP contribution in [0, 0.1) is 11.6 Å². The number of nitrogens with zero attached hydrogens (tertiary/aromatic N) is 2. The number of aromatic nitrogens is 1. The van der Waals surface area contributed by atoms with E-state index in [-0.39, 0.29) is 41.9 Å². The molecule has 2 aromatic carbocycles. The molecule has 2 aliphatic rings. The lowest BCUT2D eigenvalue weighted by Crippen LogP contribution is -2.57. The van der Waals surface area contributed by atoms with E-state index >= 15 is 4.39 Å². The second-order valence-electron chi connectivity index (χ2n) is 11.4. The van der Waals surface area contributed by atoms with E-state index in [0.29, 0.717) is 43.3 Å². The van der Waals surface area contributed by atoms with Crippen LogP contribution in [0.5, 0.6) is 0 Å². The van der Waals surface area contributed by atoms with Gasteiger partial charge in [-0.25, -0.2) is 17.2 Å². The molecular weight excluding hydrogens is 603 g/mol. The fourth-order valence-corrected chi connectivity index (χ4v) is 7.89. The minimum atomic E-state index is -4.62. The molecule has 0 amide bonds. The summed E-state index contributed by atoms with van der Waals surface area (Å²) in [7, 11) is -3.43. The summed E-state index contributed by atoms with van der Waals surface area (Å²) in [6.07, 6.45) is -2.39. The van der Waals surface area contributed by atoms with E-state index in [1.807, 2.05) is 0 Å². The van der Waals surface area contributed by atoms with Crippen molar-refractivity contribution in [3.63, 3.8) is 0 Å². The summed E-state index contributed by atoms with van der Waals surface area (Å²) < 4.78 is 95.6. The van der Waals surface area contributed by atoms with Gasteiger partial charge >= 0.3 is 6.18 Å². The number of pyridine rings is 1. The zero-order valence-electron chi connectivity index (χ0n) is 23.7. The van der Waals surface area contributed by atoms with Gasteiger partial charge in [0.1, 0.15) is 11.6 Å². The van der Waals surface area contributed by atoms with Gasteiger partial charge in [0, 0.05) is 49.4 Å². The first-order valence-electron chi connectivity index (χ1n) is 14.4. The predicted molar refractivity (Wildman–Crippen MR) is 154 cm³/mol. The topological polar surface area (TPSA) is 105 Å². The molecule has 236 valence electrons. The van der Waals surface area contributed by atoms with Crippen LogP contribution in [0.3, 0.4) is 0 Å². The molecule has 3 heterocycles. The fourth-order valence-electron chi connectivity index (χ4n) is 6.09. The average molecular weight is 637 g/mol. The summed E-state index contributed by atoms with van der Waals surface area (Å²) in [5, 5.41) is 3.39. The predicted octanol–water partition coefficient (Wildman–Crippen LogP) is 4.35. The van der Waals surface area contributed by atoms with E-state index in [2.05, 4.69) is 10.3 Å². The van der Waals surface area contributed by atoms with E-state index < -0.39 is 51.1 Å².